The molecule has 0 fully saturated rings. The number of aryl methyl sites for hydroxylation is 1. The molecule has 0 saturated carbocycles. The Morgan fingerprint density at radius 3 is 2.64 bits per heavy atom. The van der Waals surface area contributed by atoms with Crippen LogP contribution in [0.3, 0.4) is 0 Å². The predicted molar refractivity (Wildman–Crippen MR) is 94.7 cm³/mol. The second-order valence-corrected chi connectivity index (χ2v) is 6.47. The Morgan fingerprint density at radius 1 is 1.24 bits per heavy atom. The van der Waals surface area contributed by atoms with Gasteiger partial charge in [-0.05, 0) is 43.9 Å². The number of nitrogens with one attached hydrogen (secondary N) is 2. The number of hydrazine groups is 1. The second-order valence-electron chi connectivity index (χ2n) is 6.47. The third kappa shape index (κ3) is 5.14. The zero-order valence-corrected chi connectivity index (χ0v) is 15.2. The zero-order chi connectivity index (χ0) is 18.4. The average molecular weight is 343 g/mol. The van der Waals surface area contributed by atoms with Gasteiger partial charge >= 0.3 is 0 Å². The molecule has 0 unspecified atom stereocenters. The molecule has 2 aromatic heterocycles. The van der Waals surface area contributed by atoms with Crippen LogP contribution in [0.4, 0.5) is 0 Å². The van der Waals surface area contributed by atoms with E-state index in [4.69, 9.17) is 0 Å². The summed E-state index contributed by atoms with van der Waals surface area (Å²) in [6, 6.07) is 3.29. The number of hydrogen-bond donors (Lipinski definition) is 2. The van der Waals surface area contributed by atoms with Gasteiger partial charge in [-0.2, -0.15) is 5.10 Å². The molecular weight excluding hydrogens is 318 g/mol. The van der Waals surface area contributed by atoms with E-state index in [9.17, 15) is 9.59 Å². The van der Waals surface area contributed by atoms with Crippen molar-refractivity contribution in [2.75, 3.05) is 0 Å². The van der Waals surface area contributed by atoms with Crippen LogP contribution in [0.1, 0.15) is 47.6 Å². The van der Waals surface area contributed by atoms with Crippen molar-refractivity contribution in [2.45, 2.75) is 47.1 Å². The first-order valence-electron chi connectivity index (χ1n) is 8.40. The maximum absolute atomic E-state index is 12.0. The molecule has 134 valence electrons. The van der Waals surface area contributed by atoms with E-state index >= 15 is 0 Å². The first-order chi connectivity index (χ1) is 11.9. The van der Waals surface area contributed by atoms with Crippen LogP contribution in [0.2, 0.25) is 0 Å². The SMILES string of the molecule is Cc1nn(CC(C)C)c(C)c1CCC(=O)NNC(=O)c1cccnc1. The molecule has 0 radical (unpaired) electrons. The van der Waals surface area contributed by atoms with Crippen LogP contribution in [-0.4, -0.2) is 26.6 Å². The Morgan fingerprint density at radius 2 is 2.00 bits per heavy atom. The number of pyridine rings is 1. The Bertz CT molecular complexity index is 737. The summed E-state index contributed by atoms with van der Waals surface area (Å²) in [6.07, 6.45) is 3.89. The summed E-state index contributed by atoms with van der Waals surface area (Å²) >= 11 is 0. The van der Waals surface area contributed by atoms with Crippen LogP contribution in [0.25, 0.3) is 0 Å². The van der Waals surface area contributed by atoms with E-state index in [1.165, 1.54) is 6.20 Å². The maximum Gasteiger partial charge on any atom is 0.271 e. The number of amides is 2. The van der Waals surface area contributed by atoms with E-state index < -0.39 is 5.91 Å². The van der Waals surface area contributed by atoms with Crippen LogP contribution < -0.4 is 10.9 Å². The minimum absolute atomic E-state index is 0.243. The van der Waals surface area contributed by atoms with Crippen molar-refractivity contribution in [3.63, 3.8) is 0 Å². The van der Waals surface area contributed by atoms with Gasteiger partial charge in [-0.25, -0.2) is 0 Å². The van der Waals surface area contributed by atoms with Crippen molar-refractivity contribution in [3.8, 4) is 0 Å². The predicted octanol–water partition coefficient (Wildman–Crippen LogP) is 1.94. The van der Waals surface area contributed by atoms with Gasteiger partial charge in [0.15, 0.2) is 0 Å². The van der Waals surface area contributed by atoms with Crippen molar-refractivity contribution in [1.29, 1.82) is 0 Å². The van der Waals surface area contributed by atoms with Crippen LogP contribution in [0.5, 0.6) is 0 Å². The van der Waals surface area contributed by atoms with Gasteiger partial charge in [0.25, 0.3) is 5.91 Å². The highest BCUT2D eigenvalue weighted by Crippen LogP contribution is 2.16. The molecule has 2 heterocycles. The van der Waals surface area contributed by atoms with Crippen LogP contribution in [-0.2, 0) is 17.8 Å². The van der Waals surface area contributed by atoms with Crippen molar-refractivity contribution in [2.24, 2.45) is 5.92 Å². The molecule has 25 heavy (non-hydrogen) atoms. The molecule has 7 heteroatoms. The summed E-state index contributed by atoms with van der Waals surface area (Å²) in [5.74, 6) is -0.122. The number of nitrogens with zero attached hydrogens (tertiary/aromatic N) is 3. The summed E-state index contributed by atoms with van der Waals surface area (Å²) in [6.45, 7) is 9.14. The van der Waals surface area contributed by atoms with Crippen molar-refractivity contribution < 1.29 is 9.59 Å². The third-order valence-electron chi connectivity index (χ3n) is 3.91. The average Bonchev–Trinajstić information content (AvgIpc) is 2.84. The van der Waals surface area contributed by atoms with Crippen molar-refractivity contribution in [3.05, 3.63) is 47.0 Å². The van der Waals surface area contributed by atoms with Gasteiger partial charge in [0, 0.05) is 31.1 Å². The fraction of sp³-hybridized carbons (Fsp3) is 0.444. The summed E-state index contributed by atoms with van der Waals surface area (Å²) < 4.78 is 2.00. The fourth-order valence-electron chi connectivity index (χ4n) is 2.62. The minimum atomic E-state index is -0.390. The topological polar surface area (TPSA) is 88.9 Å². The van der Waals surface area contributed by atoms with E-state index in [2.05, 4.69) is 34.8 Å². The molecule has 0 spiro atoms. The molecule has 0 bridgehead atoms. The Hall–Kier alpha value is -2.70. The lowest BCUT2D eigenvalue weighted by molar-refractivity contribution is -0.121. The maximum atomic E-state index is 12.0. The Kier molecular flexibility index (Phi) is 6.27. The fourth-order valence-corrected chi connectivity index (χ4v) is 2.62. The molecule has 0 saturated heterocycles. The summed E-state index contributed by atoms with van der Waals surface area (Å²) in [7, 11) is 0. The second kappa shape index (κ2) is 8.41. The summed E-state index contributed by atoms with van der Waals surface area (Å²) in [5, 5.41) is 4.55. The van der Waals surface area contributed by atoms with E-state index in [-0.39, 0.29) is 12.3 Å². The molecule has 2 N–H and O–H groups in total. The molecule has 2 aromatic rings. The molecule has 0 aliphatic heterocycles. The lowest BCUT2D eigenvalue weighted by Gasteiger charge is -2.09. The molecule has 0 atom stereocenters. The molecular formula is C18H25N5O2. The van der Waals surface area contributed by atoms with Crippen LogP contribution >= 0.6 is 0 Å². The molecule has 0 aliphatic rings. The summed E-state index contributed by atoms with van der Waals surface area (Å²) in [4.78, 5) is 27.7. The standard InChI is InChI=1S/C18H25N5O2/c1-12(2)11-23-14(4)16(13(3)22-23)7-8-17(24)20-21-18(25)15-6-5-9-19-10-15/h5-6,9-10,12H,7-8,11H2,1-4H3,(H,20,24)(H,21,25). The largest absolute Gasteiger partial charge is 0.273 e. The lowest BCUT2D eigenvalue weighted by atomic mass is 10.1. The number of hydrogen-bond acceptors (Lipinski definition) is 4. The molecule has 2 amide bonds. The summed E-state index contributed by atoms with van der Waals surface area (Å²) in [5.41, 5.74) is 8.36. The van der Waals surface area contributed by atoms with E-state index in [0.717, 1.165) is 23.5 Å². The smallest absolute Gasteiger partial charge is 0.271 e. The number of rotatable bonds is 6. The van der Waals surface area contributed by atoms with Gasteiger partial charge < -0.3 is 0 Å². The van der Waals surface area contributed by atoms with Gasteiger partial charge in [-0.15, -0.1) is 0 Å². The minimum Gasteiger partial charge on any atom is -0.273 e. The van der Waals surface area contributed by atoms with E-state index in [1.807, 2.05) is 18.5 Å². The third-order valence-corrected chi connectivity index (χ3v) is 3.91. The van der Waals surface area contributed by atoms with Crippen molar-refractivity contribution >= 4 is 11.8 Å². The van der Waals surface area contributed by atoms with E-state index in [1.54, 1.807) is 18.3 Å². The molecule has 0 aromatic carbocycles. The van der Waals surface area contributed by atoms with Crippen LogP contribution in [0.15, 0.2) is 24.5 Å². The first-order valence-corrected chi connectivity index (χ1v) is 8.40. The van der Waals surface area contributed by atoms with Gasteiger partial charge in [-0.1, -0.05) is 13.8 Å². The van der Waals surface area contributed by atoms with Crippen molar-refractivity contribution in [1.82, 2.24) is 25.6 Å². The molecule has 2 rings (SSSR count). The quantitative estimate of drug-likeness (QED) is 0.785. The van der Waals surface area contributed by atoms with Crippen LogP contribution in [0, 0.1) is 19.8 Å². The van der Waals surface area contributed by atoms with Gasteiger partial charge in [0.1, 0.15) is 0 Å². The van der Waals surface area contributed by atoms with E-state index in [0.29, 0.717) is 17.9 Å². The lowest BCUT2D eigenvalue weighted by Crippen LogP contribution is -2.41. The first kappa shape index (κ1) is 18.6. The number of carbonyl (C=O) groups is 2. The monoisotopic (exact) mass is 343 g/mol. The molecule has 0 aliphatic carbocycles. The highest BCUT2D eigenvalue weighted by molar-refractivity contribution is 5.95. The normalized spacial score (nSPS) is 10.8. The Balaban J connectivity index is 1.86. The number of carbonyl (C=O) groups excluding carboxylic acids is 2. The highest BCUT2D eigenvalue weighted by Gasteiger charge is 2.14. The molecule has 7 nitrogen and oxygen atoms in total. The zero-order valence-electron chi connectivity index (χ0n) is 15.2. The number of aromatic nitrogens is 3. The van der Waals surface area contributed by atoms with Gasteiger partial charge in [0.2, 0.25) is 5.91 Å². The van der Waals surface area contributed by atoms with Gasteiger partial charge in [-0.3, -0.25) is 30.1 Å². The van der Waals surface area contributed by atoms with Gasteiger partial charge in [0.05, 0.1) is 11.3 Å². The Labute approximate surface area is 147 Å². The highest BCUT2D eigenvalue weighted by atomic mass is 16.2.